The maximum atomic E-state index is 9.75. The van der Waals surface area contributed by atoms with E-state index in [9.17, 15) is 17.3 Å². The lowest BCUT2D eigenvalue weighted by molar-refractivity contribution is -0.530. The van der Waals surface area contributed by atoms with Crippen LogP contribution in [0.3, 0.4) is 0 Å². The molecule has 1 heterocycles. The van der Waals surface area contributed by atoms with E-state index in [4.69, 9.17) is 13.3 Å². The number of halogens is 4. The zero-order valence-electron chi connectivity index (χ0n) is 19.9. The van der Waals surface area contributed by atoms with Gasteiger partial charge in [-0.25, -0.2) is 4.90 Å². The van der Waals surface area contributed by atoms with Crippen LogP contribution in [0.25, 0.3) is 0 Å². The zero-order chi connectivity index (χ0) is 24.8. The van der Waals surface area contributed by atoms with Gasteiger partial charge < -0.3 is 30.5 Å². The maximum absolute atomic E-state index is 9.75. The molecule has 1 aliphatic heterocycles. The quantitative estimate of drug-likeness (QED) is 0.336. The molecule has 182 valence electrons. The highest BCUT2D eigenvalue weighted by molar-refractivity contribution is 6.75. The fourth-order valence-electron chi connectivity index (χ4n) is 4.12. The molecular formula is C22H31BF4N2O3Si. The van der Waals surface area contributed by atoms with Gasteiger partial charge in [0.15, 0.2) is 0 Å². The molecule has 11 heteroatoms. The minimum atomic E-state index is -6.00. The number of aryl methyl sites for hydroxylation is 3. The summed E-state index contributed by atoms with van der Waals surface area (Å²) < 4.78 is 58.0. The molecule has 0 spiro atoms. The topological polar surface area (TPSA) is 33.9 Å². The van der Waals surface area contributed by atoms with E-state index in [1.807, 2.05) is 0 Å². The van der Waals surface area contributed by atoms with Crippen molar-refractivity contribution in [3.63, 3.8) is 0 Å². The van der Waals surface area contributed by atoms with E-state index in [1.165, 1.54) is 27.9 Å². The summed E-state index contributed by atoms with van der Waals surface area (Å²) in [5.74, 6) is 0. The number of benzene rings is 2. The first-order chi connectivity index (χ1) is 15.4. The maximum Gasteiger partial charge on any atom is 0.673 e. The van der Waals surface area contributed by atoms with Crippen LogP contribution < -0.4 is 10.1 Å². The highest BCUT2D eigenvalue weighted by Gasteiger charge is 2.40. The van der Waals surface area contributed by atoms with Crippen LogP contribution in [0, 0.1) is 20.8 Å². The van der Waals surface area contributed by atoms with Gasteiger partial charge in [0.05, 0.1) is 0 Å². The Morgan fingerprint density at radius 2 is 1.39 bits per heavy atom. The largest absolute Gasteiger partial charge is 0.673 e. The summed E-state index contributed by atoms with van der Waals surface area (Å²) >= 11 is 0. The molecule has 33 heavy (non-hydrogen) atoms. The molecule has 0 unspecified atom stereocenters. The highest BCUT2D eigenvalue weighted by Crippen LogP contribution is 2.26. The van der Waals surface area contributed by atoms with Crippen molar-refractivity contribution in [2.24, 2.45) is 0 Å². The summed E-state index contributed by atoms with van der Waals surface area (Å²) in [5.41, 5.74) is 6.57. The zero-order valence-corrected chi connectivity index (χ0v) is 20.9. The molecule has 0 radical (unpaired) electrons. The van der Waals surface area contributed by atoms with E-state index in [2.05, 4.69) is 73.0 Å². The number of hydrogen-bond acceptors (Lipinski definition) is 4. The summed E-state index contributed by atoms with van der Waals surface area (Å²) in [5, 5.41) is 0.974. The van der Waals surface area contributed by atoms with Crippen LogP contribution >= 0.6 is 0 Å². The Morgan fingerprint density at radius 1 is 0.909 bits per heavy atom. The molecule has 0 amide bonds. The van der Waals surface area contributed by atoms with Gasteiger partial charge in [-0.3, -0.25) is 4.58 Å². The predicted octanol–water partition coefficient (Wildman–Crippen LogP) is 4.06. The van der Waals surface area contributed by atoms with E-state index in [0.717, 1.165) is 24.8 Å². The Labute approximate surface area is 194 Å². The molecule has 3 rings (SSSR count). The van der Waals surface area contributed by atoms with Gasteiger partial charge in [0.1, 0.15) is 25.3 Å². The number of nitrogens with zero attached hydrogens (tertiary/aromatic N) is 2. The summed E-state index contributed by atoms with van der Waals surface area (Å²) in [6.45, 7) is 9.45. The molecule has 0 fully saturated rings. The van der Waals surface area contributed by atoms with Gasteiger partial charge in [0.2, 0.25) is 6.34 Å². The van der Waals surface area contributed by atoms with Crippen molar-refractivity contribution in [2.45, 2.75) is 27.3 Å². The third-order valence-corrected chi connectivity index (χ3v) is 8.01. The summed E-state index contributed by atoms with van der Waals surface area (Å²) in [4.78, 5) is 2.37. The Balaban J connectivity index is 0.000000696. The second kappa shape index (κ2) is 11.3. The highest BCUT2D eigenvalue weighted by atomic mass is 28.4. The molecule has 1 aliphatic rings. The fraction of sp³-hybridized carbons (Fsp3) is 0.409. The first kappa shape index (κ1) is 27.0. The molecule has 0 aromatic heterocycles. The van der Waals surface area contributed by atoms with Gasteiger partial charge >= 0.3 is 16.1 Å². The number of rotatable bonds is 7. The second-order valence-corrected chi connectivity index (χ2v) is 10.8. The van der Waals surface area contributed by atoms with Crippen molar-refractivity contribution in [3.8, 4) is 0 Å². The molecule has 0 bridgehead atoms. The van der Waals surface area contributed by atoms with Crippen LogP contribution in [-0.2, 0) is 19.8 Å². The van der Waals surface area contributed by atoms with Crippen molar-refractivity contribution >= 4 is 33.3 Å². The average molecular weight is 486 g/mol. The third-order valence-electron chi connectivity index (χ3n) is 5.35. The Morgan fingerprint density at radius 3 is 1.85 bits per heavy atom. The smallest absolute Gasteiger partial charge is 0.418 e. The minimum Gasteiger partial charge on any atom is -0.418 e. The van der Waals surface area contributed by atoms with Crippen molar-refractivity contribution in [2.75, 3.05) is 39.3 Å². The van der Waals surface area contributed by atoms with Crippen molar-refractivity contribution in [3.05, 3.63) is 58.7 Å². The van der Waals surface area contributed by atoms with E-state index in [-0.39, 0.29) is 0 Å². The van der Waals surface area contributed by atoms with Crippen LogP contribution in [0.4, 0.5) is 23.0 Å². The van der Waals surface area contributed by atoms with Gasteiger partial charge in [-0.05, 0) is 37.5 Å². The SMILES string of the molecule is CO[Si](OC)(OC)c1ccc(C[N+]2=CN(c3c(C)cc(C)cc3C)CC2)cc1.F[B-](F)(F)F. The predicted molar refractivity (Wildman–Crippen MR) is 126 cm³/mol. The summed E-state index contributed by atoms with van der Waals surface area (Å²) in [6, 6.07) is 12.9. The fourth-order valence-corrected chi connectivity index (χ4v) is 5.90. The van der Waals surface area contributed by atoms with Crippen LogP contribution in [0.2, 0.25) is 0 Å². The number of hydrogen-bond donors (Lipinski definition) is 0. The molecule has 0 aliphatic carbocycles. The van der Waals surface area contributed by atoms with Gasteiger partial charge in [0, 0.05) is 26.5 Å². The van der Waals surface area contributed by atoms with Gasteiger partial charge in [-0.2, -0.15) is 0 Å². The normalized spacial score (nSPS) is 14.1. The molecule has 0 saturated carbocycles. The van der Waals surface area contributed by atoms with E-state index >= 15 is 0 Å². The molecule has 2 aromatic carbocycles. The summed E-state index contributed by atoms with van der Waals surface area (Å²) in [7, 11) is -3.86. The molecule has 5 nitrogen and oxygen atoms in total. The lowest BCUT2D eigenvalue weighted by atomic mass is 10.0. The molecule has 0 N–H and O–H groups in total. The van der Waals surface area contributed by atoms with Crippen LogP contribution in [0.5, 0.6) is 0 Å². The third kappa shape index (κ3) is 7.39. The molecular weight excluding hydrogens is 455 g/mol. The lowest BCUT2D eigenvalue weighted by Gasteiger charge is -2.24. The first-order valence-corrected chi connectivity index (χ1v) is 12.2. The second-order valence-electron chi connectivity index (χ2n) is 7.89. The van der Waals surface area contributed by atoms with E-state index in [1.54, 1.807) is 21.3 Å². The Hall–Kier alpha value is -2.21. The average Bonchev–Trinajstić information content (AvgIpc) is 3.17. The van der Waals surface area contributed by atoms with Crippen LogP contribution in [0.1, 0.15) is 22.3 Å². The molecule has 2 aromatic rings. The lowest BCUT2D eigenvalue weighted by Crippen LogP contribution is -2.54. The molecule has 0 atom stereocenters. The first-order valence-electron chi connectivity index (χ1n) is 10.5. The van der Waals surface area contributed by atoms with E-state index < -0.39 is 16.1 Å². The van der Waals surface area contributed by atoms with Crippen molar-refractivity contribution < 1.29 is 35.1 Å². The van der Waals surface area contributed by atoms with Crippen molar-refractivity contribution in [1.82, 2.24) is 0 Å². The van der Waals surface area contributed by atoms with Crippen LogP contribution in [0.15, 0.2) is 36.4 Å². The van der Waals surface area contributed by atoms with Gasteiger partial charge in [-0.1, -0.05) is 42.0 Å². The van der Waals surface area contributed by atoms with Crippen LogP contribution in [-0.4, -0.2) is 61.4 Å². The minimum absolute atomic E-state index is 0.877. The standard InChI is InChI=1S/C22H31N2O3Si.BF4/c1-17-13-18(2)22(19(3)14-17)24-12-11-23(16-24)15-20-7-9-21(10-8-20)28(25-4,26-5)27-6;2-1(3,4)5/h7-10,13-14,16H,11-12,15H2,1-6H3;/q+1;-1. The van der Waals surface area contributed by atoms with Gasteiger partial charge in [-0.15, -0.1) is 0 Å². The Bertz CT molecular complexity index is 930. The molecule has 0 saturated heterocycles. The summed E-state index contributed by atoms with van der Waals surface area (Å²) in [6.07, 6.45) is 2.25. The Kier molecular flexibility index (Phi) is 9.24. The monoisotopic (exact) mass is 486 g/mol. The van der Waals surface area contributed by atoms with Gasteiger partial charge in [0.25, 0.3) is 0 Å². The van der Waals surface area contributed by atoms with Crippen molar-refractivity contribution in [1.29, 1.82) is 0 Å². The number of anilines is 1. The van der Waals surface area contributed by atoms with E-state index in [0.29, 0.717) is 0 Å².